The van der Waals surface area contributed by atoms with Crippen LogP contribution in [0.2, 0.25) is 0 Å². The fourth-order valence-corrected chi connectivity index (χ4v) is 4.02. The molecule has 1 saturated heterocycles. The molecular formula is C24H28N3O+. The van der Waals surface area contributed by atoms with Crippen LogP contribution in [0.1, 0.15) is 11.1 Å². The molecule has 1 aliphatic rings. The van der Waals surface area contributed by atoms with Crippen molar-refractivity contribution >= 4 is 28.1 Å². The second-order valence-electron chi connectivity index (χ2n) is 7.74. The lowest BCUT2D eigenvalue weighted by atomic mass is 10.1. The predicted octanol–water partition coefficient (Wildman–Crippen LogP) is 2.80. The van der Waals surface area contributed by atoms with Gasteiger partial charge in [-0.25, -0.2) is 0 Å². The number of quaternary nitrogens is 1. The first-order valence-electron chi connectivity index (χ1n) is 10.0. The molecule has 0 radical (unpaired) electrons. The number of carbonyl (C=O) groups excluding carboxylic acids is 1. The second kappa shape index (κ2) is 8.03. The summed E-state index contributed by atoms with van der Waals surface area (Å²) >= 11 is 0. The summed E-state index contributed by atoms with van der Waals surface area (Å²) in [4.78, 5) is 16.3. The maximum atomic E-state index is 12.5. The molecule has 4 rings (SSSR count). The van der Waals surface area contributed by atoms with E-state index in [1.807, 2.05) is 24.3 Å². The van der Waals surface area contributed by atoms with Gasteiger partial charge in [0.15, 0.2) is 6.54 Å². The number of carbonyl (C=O) groups is 1. The van der Waals surface area contributed by atoms with Gasteiger partial charge in [-0.05, 0) is 53.9 Å². The first-order valence-corrected chi connectivity index (χ1v) is 10.0. The zero-order chi connectivity index (χ0) is 19.5. The number of benzene rings is 3. The van der Waals surface area contributed by atoms with Crippen LogP contribution in [0.15, 0.2) is 60.7 Å². The molecule has 0 spiro atoms. The monoisotopic (exact) mass is 374 g/mol. The molecule has 144 valence electrons. The van der Waals surface area contributed by atoms with Gasteiger partial charge in [-0.1, -0.05) is 42.5 Å². The molecule has 4 nitrogen and oxygen atoms in total. The Morgan fingerprint density at radius 3 is 2.50 bits per heavy atom. The Bertz CT molecular complexity index is 990. The van der Waals surface area contributed by atoms with Crippen LogP contribution in [-0.2, 0) is 4.79 Å². The van der Waals surface area contributed by atoms with Crippen molar-refractivity contribution in [3.8, 4) is 0 Å². The summed E-state index contributed by atoms with van der Waals surface area (Å²) < 4.78 is 0. The SMILES string of the molecule is Cc1cccc(N2CC[NH+](CC(=O)Nc3ccc4ccccc4c3)CC2)c1C. The van der Waals surface area contributed by atoms with E-state index in [2.05, 4.69) is 60.5 Å². The highest BCUT2D eigenvalue weighted by atomic mass is 16.2. The number of anilines is 2. The van der Waals surface area contributed by atoms with E-state index in [4.69, 9.17) is 0 Å². The minimum atomic E-state index is 0.0884. The van der Waals surface area contributed by atoms with Gasteiger partial charge in [-0.3, -0.25) is 4.79 Å². The van der Waals surface area contributed by atoms with Gasteiger partial charge in [0.05, 0.1) is 26.2 Å². The van der Waals surface area contributed by atoms with Crippen LogP contribution in [0.25, 0.3) is 10.8 Å². The molecule has 0 saturated carbocycles. The lowest BCUT2D eigenvalue weighted by Crippen LogP contribution is -3.15. The van der Waals surface area contributed by atoms with Crippen molar-refractivity contribution in [3.05, 3.63) is 71.8 Å². The minimum Gasteiger partial charge on any atom is -0.360 e. The Morgan fingerprint density at radius 2 is 1.71 bits per heavy atom. The van der Waals surface area contributed by atoms with Crippen molar-refractivity contribution < 1.29 is 9.69 Å². The molecule has 0 bridgehead atoms. The number of hydrogen-bond donors (Lipinski definition) is 2. The highest BCUT2D eigenvalue weighted by Crippen LogP contribution is 2.22. The summed E-state index contributed by atoms with van der Waals surface area (Å²) in [6.07, 6.45) is 0. The van der Waals surface area contributed by atoms with Crippen molar-refractivity contribution in [2.24, 2.45) is 0 Å². The molecule has 1 amide bonds. The van der Waals surface area contributed by atoms with E-state index >= 15 is 0 Å². The third-order valence-corrected chi connectivity index (χ3v) is 5.83. The van der Waals surface area contributed by atoms with Crippen LogP contribution in [0.3, 0.4) is 0 Å². The lowest BCUT2D eigenvalue weighted by Gasteiger charge is -2.34. The summed E-state index contributed by atoms with van der Waals surface area (Å²) in [5, 5.41) is 5.40. The molecule has 0 aromatic heterocycles. The topological polar surface area (TPSA) is 36.8 Å². The number of rotatable bonds is 4. The van der Waals surface area contributed by atoms with E-state index in [0.717, 1.165) is 37.3 Å². The number of nitrogens with zero attached hydrogens (tertiary/aromatic N) is 1. The fourth-order valence-electron chi connectivity index (χ4n) is 4.02. The highest BCUT2D eigenvalue weighted by Gasteiger charge is 2.23. The largest absolute Gasteiger partial charge is 0.360 e. The first kappa shape index (κ1) is 18.5. The Balaban J connectivity index is 1.32. The third-order valence-electron chi connectivity index (χ3n) is 5.83. The third kappa shape index (κ3) is 4.02. The van der Waals surface area contributed by atoms with Crippen LogP contribution in [0.4, 0.5) is 11.4 Å². The van der Waals surface area contributed by atoms with Gasteiger partial charge in [0.25, 0.3) is 5.91 Å². The van der Waals surface area contributed by atoms with Crippen LogP contribution < -0.4 is 15.1 Å². The van der Waals surface area contributed by atoms with Gasteiger partial charge < -0.3 is 15.1 Å². The average Bonchev–Trinajstić information content (AvgIpc) is 2.71. The Labute approximate surface area is 166 Å². The normalized spacial score (nSPS) is 15.0. The van der Waals surface area contributed by atoms with Crippen LogP contribution in [-0.4, -0.2) is 38.6 Å². The lowest BCUT2D eigenvalue weighted by molar-refractivity contribution is -0.892. The Hall–Kier alpha value is -2.85. The minimum absolute atomic E-state index is 0.0884. The maximum absolute atomic E-state index is 12.5. The van der Waals surface area contributed by atoms with E-state index in [1.54, 1.807) is 0 Å². The van der Waals surface area contributed by atoms with Gasteiger partial charge in [0.2, 0.25) is 0 Å². The first-order chi connectivity index (χ1) is 13.6. The molecule has 2 N–H and O–H groups in total. The standard InChI is InChI=1S/C24H27N3O/c1-18-6-5-9-23(19(18)2)27-14-12-26(13-15-27)17-24(28)25-22-11-10-20-7-3-4-8-21(20)16-22/h3-11,16H,12-15,17H2,1-2H3,(H,25,28)/p+1. The van der Waals surface area contributed by atoms with E-state index in [9.17, 15) is 4.79 Å². The molecule has 0 atom stereocenters. The number of piperazine rings is 1. The number of amides is 1. The fraction of sp³-hybridized carbons (Fsp3) is 0.292. The number of aryl methyl sites for hydroxylation is 1. The molecule has 1 aliphatic heterocycles. The van der Waals surface area contributed by atoms with E-state index in [0.29, 0.717) is 6.54 Å². The summed E-state index contributed by atoms with van der Waals surface area (Å²) in [6, 6.07) is 20.8. The van der Waals surface area contributed by atoms with E-state index < -0.39 is 0 Å². The van der Waals surface area contributed by atoms with Gasteiger partial charge in [-0.2, -0.15) is 0 Å². The average molecular weight is 375 g/mol. The smallest absolute Gasteiger partial charge is 0.279 e. The molecule has 4 heteroatoms. The second-order valence-corrected chi connectivity index (χ2v) is 7.74. The van der Waals surface area contributed by atoms with Gasteiger partial charge >= 0.3 is 0 Å². The number of fused-ring (bicyclic) bond motifs is 1. The quantitative estimate of drug-likeness (QED) is 0.737. The van der Waals surface area contributed by atoms with E-state index in [1.165, 1.54) is 27.1 Å². The molecular weight excluding hydrogens is 346 g/mol. The number of hydrogen-bond acceptors (Lipinski definition) is 2. The predicted molar refractivity (Wildman–Crippen MR) is 116 cm³/mol. The Kier molecular flexibility index (Phi) is 5.31. The summed E-state index contributed by atoms with van der Waals surface area (Å²) in [5.74, 6) is 0.0884. The zero-order valence-electron chi connectivity index (χ0n) is 16.7. The van der Waals surface area contributed by atoms with Crippen LogP contribution >= 0.6 is 0 Å². The van der Waals surface area contributed by atoms with Crippen molar-refractivity contribution in [2.45, 2.75) is 13.8 Å². The number of nitrogens with one attached hydrogen (secondary N) is 2. The molecule has 0 unspecified atom stereocenters. The zero-order valence-corrected chi connectivity index (χ0v) is 16.7. The summed E-state index contributed by atoms with van der Waals surface area (Å²) in [6.45, 7) is 8.83. The van der Waals surface area contributed by atoms with Gasteiger partial charge in [0.1, 0.15) is 0 Å². The maximum Gasteiger partial charge on any atom is 0.279 e. The van der Waals surface area contributed by atoms with Crippen molar-refractivity contribution in [1.29, 1.82) is 0 Å². The van der Waals surface area contributed by atoms with Gasteiger partial charge in [-0.15, -0.1) is 0 Å². The van der Waals surface area contributed by atoms with Crippen molar-refractivity contribution in [2.75, 3.05) is 42.9 Å². The molecule has 28 heavy (non-hydrogen) atoms. The van der Waals surface area contributed by atoms with Gasteiger partial charge in [0, 0.05) is 11.4 Å². The summed E-state index contributed by atoms with van der Waals surface area (Å²) in [5.41, 5.74) is 4.90. The molecule has 3 aromatic rings. The summed E-state index contributed by atoms with van der Waals surface area (Å²) in [7, 11) is 0. The highest BCUT2D eigenvalue weighted by molar-refractivity contribution is 5.94. The van der Waals surface area contributed by atoms with Crippen molar-refractivity contribution in [1.82, 2.24) is 0 Å². The molecule has 1 heterocycles. The molecule has 0 aliphatic carbocycles. The molecule has 3 aromatic carbocycles. The van der Waals surface area contributed by atoms with Crippen molar-refractivity contribution in [3.63, 3.8) is 0 Å². The van der Waals surface area contributed by atoms with Crippen LogP contribution in [0, 0.1) is 13.8 Å². The molecule has 1 fully saturated rings. The Morgan fingerprint density at radius 1 is 0.964 bits per heavy atom. The van der Waals surface area contributed by atoms with E-state index in [-0.39, 0.29) is 5.91 Å². The van der Waals surface area contributed by atoms with Crippen LogP contribution in [0.5, 0.6) is 0 Å².